The van der Waals surface area contributed by atoms with Gasteiger partial charge < -0.3 is 15.6 Å². The van der Waals surface area contributed by atoms with E-state index < -0.39 is 5.97 Å². The smallest absolute Gasteiger partial charge is 0.339 e. The lowest BCUT2D eigenvalue weighted by Crippen LogP contribution is -2.24. The fraction of sp³-hybridized carbons (Fsp3) is 0.500. The van der Waals surface area contributed by atoms with Crippen molar-refractivity contribution in [3.05, 3.63) is 22.7 Å². The molecule has 19 heavy (non-hydrogen) atoms. The molecule has 0 unspecified atom stereocenters. The summed E-state index contributed by atoms with van der Waals surface area (Å²) < 4.78 is 5.81. The third-order valence-electron chi connectivity index (χ3n) is 3.54. The van der Waals surface area contributed by atoms with Crippen LogP contribution in [0.2, 0.25) is 5.02 Å². The van der Waals surface area contributed by atoms with E-state index in [4.69, 9.17) is 22.1 Å². The Bertz CT molecular complexity index is 482. The van der Waals surface area contributed by atoms with Crippen LogP contribution in [0.5, 0.6) is 5.75 Å². The second-order valence-electron chi connectivity index (χ2n) is 5.18. The molecular weight excluding hydrogens is 266 g/mol. The largest absolute Gasteiger partial charge is 0.488 e. The molecule has 5 heteroatoms. The minimum absolute atomic E-state index is 0.0311. The number of aromatic carboxylic acids is 1. The maximum absolute atomic E-state index is 11.2. The molecule has 0 aliphatic heterocycles. The molecule has 1 aromatic rings. The Hall–Kier alpha value is -1.42. The lowest BCUT2D eigenvalue weighted by Gasteiger charge is -2.27. The van der Waals surface area contributed by atoms with Crippen molar-refractivity contribution < 1.29 is 14.6 Å². The van der Waals surface area contributed by atoms with E-state index in [0.29, 0.717) is 11.6 Å². The van der Waals surface area contributed by atoms with Crippen LogP contribution in [0, 0.1) is 5.92 Å². The first kappa shape index (κ1) is 14.0. The average Bonchev–Trinajstić information content (AvgIpc) is 2.34. The Morgan fingerprint density at radius 3 is 2.58 bits per heavy atom. The van der Waals surface area contributed by atoms with Crippen molar-refractivity contribution in [2.45, 2.75) is 38.7 Å². The van der Waals surface area contributed by atoms with Gasteiger partial charge in [0.2, 0.25) is 0 Å². The highest BCUT2D eigenvalue weighted by Gasteiger charge is 2.23. The van der Waals surface area contributed by atoms with Crippen molar-refractivity contribution in [3.63, 3.8) is 0 Å². The highest BCUT2D eigenvalue weighted by molar-refractivity contribution is 6.33. The van der Waals surface area contributed by atoms with E-state index in [1.165, 1.54) is 12.1 Å². The number of ether oxygens (including phenoxy) is 1. The Kier molecular flexibility index (Phi) is 4.20. The summed E-state index contributed by atoms with van der Waals surface area (Å²) in [5.74, 6) is -0.128. The number of hydrogen-bond donors (Lipinski definition) is 2. The number of nitrogens with two attached hydrogens (primary N) is 1. The van der Waals surface area contributed by atoms with Gasteiger partial charge in [-0.05, 0) is 43.7 Å². The van der Waals surface area contributed by atoms with Gasteiger partial charge in [0.1, 0.15) is 5.56 Å². The van der Waals surface area contributed by atoms with Crippen molar-refractivity contribution in [2.24, 2.45) is 5.92 Å². The summed E-state index contributed by atoms with van der Waals surface area (Å²) in [6.45, 7) is 2.22. The Morgan fingerprint density at radius 2 is 2.00 bits per heavy atom. The maximum Gasteiger partial charge on any atom is 0.339 e. The molecule has 104 valence electrons. The van der Waals surface area contributed by atoms with Crippen molar-refractivity contribution in [2.75, 3.05) is 5.73 Å². The first-order valence-corrected chi connectivity index (χ1v) is 6.84. The van der Waals surface area contributed by atoms with E-state index in [1.54, 1.807) is 0 Å². The van der Waals surface area contributed by atoms with E-state index in [2.05, 4.69) is 6.92 Å². The van der Waals surface area contributed by atoms with Gasteiger partial charge in [-0.3, -0.25) is 0 Å². The zero-order chi connectivity index (χ0) is 14.0. The van der Waals surface area contributed by atoms with Crippen LogP contribution in [0.15, 0.2) is 12.1 Å². The minimum Gasteiger partial charge on any atom is -0.488 e. The monoisotopic (exact) mass is 283 g/mol. The molecule has 0 aromatic heterocycles. The number of carboxylic acids is 1. The van der Waals surface area contributed by atoms with Crippen LogP contribution in [0.1, 0.15) is 43.0 Å². The molecule has 0 amide bonds. The number of hydrogen-bond acceptors (Lipinski definition) is 3. The standard InChI is InChI=1S/C14H18ClNO3/c1-8-2-4-10(5-3-8)19-13-11(14(17)18)6-9(16)7-12(13)15/h6-8,10H,2-5,16H2,1H3,(H,17,18). The van der Waals surface area contributed by atoms with Gasteiger partial charge in [-0.25, -0.2) is 4.79 Å². The Morgan fingerprint density at radius 1 is 1.37 bits per heavy atom. The molecule has 0 bridgehead atoms. The fourth-order valence-electron chi connectivity index (χ4n) is 2.41. The van der Waals surface area contributed by atoms with Crippen LogP contribution in [0.3, 0.4) is 0 Å². The SMILES string of the molecule is CC1CCC(Oc2c(Cl)cc(N)cc2C(=O)O)CC1. The molecular formula is C14H18ClNO3. The number of benzene rings is 1. The predicted molar refractivity (Wildman–Crippen MR) is 74.9 cm³/mol. The highest BCUT2D eigenvalue weighted by atomic mass is 35.5. The van der Waals surface area contributed by atoms with Gasteiger partial charge in [-0.1, -0.05) is 18.5 Å². The van der Waals surface area contributed by atoms with Crippen molar-refractivity contribution in [1.29, 1.82) is 0 Å². The number of carboxylic acid groups (broad SMARTS) is 1. The summed E-state index contributed by atoms with van der Waals surface area (Å²) in [5.41, 5.74) is 5.97. The van der Waals surface area contributed by atoms with Gasteiger partial charge in [-0.15, -0.1) is 0 Å². The summed E-state index contributed by atoms with van der Waals surface area (Å²) in [7, 11) is 0. The van der Waals surface area contributed by atoms with Crippen molar-refractivity contribution in [1.82, 2.24) is 0 Å². The molecule has 0 spiro atoms. The van der Waals surface area contributed by atoms with Crippen LogP contribution in [-0.4, -0.2) is 17.2 Å². The van der Waals surface area contributed by atoms with E-state index in [9.17, 15) is 9.90 Å². The summed E-state index contributed by atoms with van der Waals surface area (Å²) in [6.07, 6.45) is 4.09. The second-order valence-corrected chi connectivity index (χ2v) is 5.59. The average molecular weight is 284 g/mol. The second kappa shape index (κ2) is 5.70. The maximum atomic E-state index is 11.2. The van der Waals surface area contributed by atoms with Crippen molar-refractivity contribution in [3.8, 4) is 5.75 Å². The first-order valence-electron chi connectivity index (χ1n) is 6.46. The highest BCUT2D eigenvalue weighted by Crippen LogP contribution is 2.35. The number of halogens is 1. The quantitative estimate of drug-likeness (QED) is 0.832. The summed E-state index contributed by atoms with van der Waals surface area (Å²) >= 11 is 6.06. The number of rotatable bonds is 3. The van der Waals surface area contributed by atoms with E-state index in [-0.39, 0.29) is 22.4 Å². The van der Waals surface area contributed by atoms with Gasteiger partial charge in [0.25, 0.3) is 0 Å². The van der Waals surface area contributed by atoms with Crippen LogP contribution in [0.4, 0.5) is 5.69 Å². The first-order chi connectivity index (χ1) is 8.97. The number of nitrogen functional groups attached to an aromatic ring is 1. The lowest BCUT2D eigenvalue weighted by molar-refractivity contribution is 0.0684. The fourth-order valence-corrected chi connectivity index (χ4v) is 2.68. The van der Waals surface area contributed by atoms with Crippen LogP contribution in [-0.2, 0) is 0 Å². The van der Waals surface area contributed by atoms with E-state index in [0.717, 1.165) is 25.7 Å². The summed E-state index contributed by atoms with van der Waals surface area (Å²) in [6, 6.07) is 2.91. The lowest BCUT2D eigenvalue weighted by atomic mass is 9.89. The molecule has 1 saturated carbocycles. The predicted octanol–water partition coefficient (Wildman–Crippen LogP) is 3.58. The molecule has 2 rings (SSSR count). The third-order valence-corrected chi connectivity index (χ3v) is 3.82. The van der Waals surface area contributed by atoms with Gasteiger partial charge in [-0.2, -0.15) is 0 Å². The molecule has 0 radical (unpaired) electrons. The zero-order valence-electron chi connectivity index (χ0n) is 10.9. The number of anilines is 1. The van der Waals surface area contributed by atoms with E-state index >= 15 is 0 Å². The van der Waals surface area contributed by atoms with Crippen LogP contribution in [0.25, 0.3) is 0 Å². The molecule has 4 nitrogen and oxygen atoms in total. The van der Waals surface area contributed by atoms with E-state index in [1.807, 2.05) is 0 Å². The number of carbonyl (C=O) groups is 1. The van der Waals surface area contributed by atoms with Crippen LogP contribution >= 0.6 is 11.6 Å². The van der Waals surface area contributed by atoms with Gasteiger partial charge >= 0.3 is 5.97 Å². The molecule has 0 saturated heterocycles. The molecule has 1 fully saturated rings. The van der Waals surface area contributed by atoms with Crippen LogP contribution < -0.4 is 10.5 Å². The summed E-state index contributed by atoms with van der Waals surface area (Å²) in [4.78, 5) is 11.2. The Labute approximate surface area is 117 Å². The molecule has 1 aromatic carbocycles. The normalized spacial score (nSPS) is 23.1. The molecule has 1 aliphatic carbocycles. The molecule has 0 heterocycles. The Balaban J connectivity index is 2.21. The molecule has 3 N–H and O–H groups in total. The molecule has 0 atom stereocenters. The third kappa shape index (κ3) is 3.32. The molecule has 1 aliphatic rings. The van der Waals surface area contributed by atoms with Gasteiger partial charge in [0.15, 0.2) is 5.75 Å². The summed E-state index contributed by atoms with van der Waals surface area (Å²) in [5, 5.41) is 9.45. The minimum atomic E-state index is -1.08. The topological polar surface area (TPSA) is 72.5 Å². The van der Waals surface area contributed by atoms with Crippen molar-refractivity contribution >= 4 is 23.3 Å². The van der Waals surface area contributed by atoms with Gasteiger partial charge in [0.05, 0.1) is 11.1 Å². The zero-order valence-corrected chi connectivity index (χ0v) is 11.6. The van der Waals surface area contributed by atoms with Gasteiger partial charge in [0, 0.05) is 5.69 Å².